The molecule has 0 radical (unpaired) electrons. The van der Waals surface area contributed by atoms with Gasteiger partial charge in [-0.05, 0) is 19.8 Å². The molecule has 148 valence electrons. The van der Waals surface area contributed by atoms with Crippen LogP contribution in [-0.2, 0) is 25.5 Å². The van der Waals surface area contributed by atoms with Crippen molar-refractivity contribution < 1.29 is 19.1 Å². The van der Waals surface area contributed by atoms with Crippen LogP contribution in [0.4, 0.5) is 0 Å². The minimum Gasteiger partial charge on any atom is -0.455 e. The van der Waals surface area contributed by atoms with Gasteiger partial charge in [-0.3, -0.25) is 14.4 Å². The van der Waals surface area contributed by atoms with Crippen molar-refractivity contribution in [2.45, 2.75) is 26.2 Å². The summed E-state index contributed by atoms with van der Waals surface area (Å²) in [4.78, 5) is 41.5. The Morgan fingerprint density at radius 2 is 1.89 bits per heavy atom. The summed E-state index contributed by atoms with van der Waals surface area (Å²) >= 11 is 1.47. The lowest BCUT2D eigenvalue weighted by Gasteiger charge is -2.30. The Balaban J connectivity index is 1.45. The molecule has 28 heavy (non-hydrogen) atoms. The molecule has 2 amide bonds. The molecule has 0 atom stereocenters. The number of likely N-dealkylation sites (tertiary alicyclic amines) is 1. The van der Waals surface area contributed by atoms with E-state index in [9.17, 15) is 14.4 Å². The summed E-state index contributed by atoms with van der Waals surface area (Å²) in [6.07, 6.45) is 1.13. The second-order valence-electron chi connectivity index (χ2n) is 6.90. The fourth-order valence-corrected chi connectivity index (χ4v) is 3.89. The number of nitrogens with zero attached hydrogens (tertiary/aromatic N) is 2. The number of aromatic nitrogens is 1. The number of nitrogens with two attached hydrogens (primary N) is 1. The maximum atomic E-state index is 12.2. The highest BCUT2D eigenvalue weighted by molar-refractivity contribution is 7.13. The largest absolute Gasteiger partial charge is 0.455 e. The summed E-state index contributed by atoms with van der Waals surface area (Å²) in [5.41, 5.74) is 8.09. The lowest BCUT2D eigenvalue weighted by molar-refractivity contribution is -0.152. The van der Waals surface area contributed by atoms with Crippen LogP contribution in [0.5, 0.6) is 0 Å². The highest BCUT2D eigenvalue weighted by Crippen LogP contribution is 2.24. The van der Waals surface area contributed by atoms with Crippen molar-refractivity contribution in [1.82, 2.24) is 9.88 Å². The van der Waals surface area contributed by atoms with E-state index < -0.39 is 5.97 Å². The smallest absolute Gasteiger partial charge is 0.312 e. The van der Waals surface area contributed by atoms with Crippen molar-refractivity contribution in [3.05, 3.63) is 40.9 Å². The number of thiazole rings is 1. The maximum Gasteiger partial charge on any atom is 0.312 e. The first kappa shape index (κ1) is 20.0. The number of piperidine rings is 1. The Kier molecular flexibility index (Phi) is 6.41. The molecule has 0 spiro atoms. The van der Waals surface area contributed by atoms with Crippen LogP contribution in [0.1, 0.15) is 24.1 Å². The fourth-order valence-electron chi connectivity index (χ4n) is 3.06. The highest BCUT2D eigenvalue weighted by atomic mass is 32.1. The fraction of sp³-hybridized carbons (Fsp3) is 0.400. The first-order valence-electron chi connectivity index (χ1n) is 9.16. The van der Waals surface area contributed by atoms with Crippen molar-refractivity contribution in [2.24, 2.45) is 11.7 Å². The molecule has 0 saturated carbocycles. The third-order valence-electron chi connectivity index (χ3n) is 4.78. The topological polar surface area (TPSA) is 103 Å². The second-order valence-corrected chi connectivity index (χ2v) is 7.76. The van der Waals surface area contributed by atoms with Crippen molar-refractivity contribution in [3.63, 3.8) is 0 Å². The van der Waals surface area contributed by atoms with Crippen LogP contribution in [0.15, 0.2) is 29.6 Å². The number of esters is 1. The van der Waals surface area contributed by atoms with Crippen LogP contribution < -0.4 is 5.73 Å². The predicted molar refractivity (Wildman–Crippen MR) is 105 cm³/mol. The number of benzene rings is 1. The molecule has 1 aromatic heterocycles. The average molecular weight is 401 g/mol. The van der Waals surface area contributed by atoms with Crippen molar-refractivity contribution in [1.29, 1.82) is 0 Å². The molecule has 1 fully saturated rings. The van der Waals surface area contributed by atoms with Crippen LogP contribution in [-0.4, -0.2) is 47.4 Å². The van der Waals surface area contributed by atoms with Crippen LogP contribution in [0.3, 0.4) is 0 Å². The zero-order chi connectivity index (χ0) is 20.1. The number of amides is 2. The monoisotopic (exact) mass is 401 g/mol. The van der Waals surface area contributed by atoms with Crippen molar-refractivity contribution >= 4 is 29.1 Å². The van der Waals surface area contributed by atoms with Gasteiger partial charge in [0.1, 0.15) is 5.01 Å². The molecule has 7 nitrogen and oxygen atoms in total. The molecular weight excluding hydrogens is 378 g/mol. The molecule has 8 heteroatoms. The van der Waals surface area contributed by atoms with Gasteiger partial charge >= 0.3 is 5.97 Å². The molecule has 1 saturated heterocycles. The molecule has 1 aromatic carbocycles. The van der Waals surface area contributed by atoms with E-state index in [4.69, 9.17) is 10.5 Å². The van der Waals surface area contributed by atoms with Crippen molar-refractivity contribution in [2.75, 3.05) is 19.7 Å². The molecule has 1 aliphatic heterocycles. The number of hydrogen-bond donors (Lipinski definition) is 1. The zero-order valence-electron chi connectivity index (χ0n) is 15.7. The van der Waals surface area contributed by atoms with Gasteiger partial charge in [-0.25, -0.2) is 4.98 Å². The van der Waals surface area contributed by atoms with Gasteiger partial charge < -0.3 is 15.4 Å². The Labute approximate surface area is 167 Å². The van der Waals surface area contributed by atoms with E-state index in [1.54, 1.807) is 4.90 Å². The number of ether oxygens (including phenoxy) is 1. The average Bonchev–Trinajstić information content (AvgIpc) is 3.15. The second kappa shape index (κ2) is 8.97. The van der Waals surface area contributed by atoms with Gasteiger partial charge in [-0.2, -0.15) is 0 Å². The normalized spacial score (nSPS) is 14.7. The van der Waals surface area contributed by atoms with Gasteiger partial charge in [0.25, 0.3) is 5.91 Å². The van der Waals surface area contributed by atoms with Crippen LogP contribution in [0, 0.1) is 12.8 Å². The third-order valence-corrected chi connectivity index (χ3v) is 5.72. The molecule has 0 aliphatic carbocycles. The maximum absolute atomic E-state index is 12.2. The molecule has 2 heterocycles. The quantitative estimate of drug-likeness (QED) is 0.745. The van der Waals surface area contributed by atoms with E-state index in [0.717, 1.165) is 10.6 Å². The lowest BCUT2D eigenvalue weighted by atomic mass is 9.96. The van der Waals surface area contributed by atoms with Crippen LogP contribution >= 0.6 is 11.3 Å². The van der Waals surface area contributed by atoms with Crippen molar-refractivity contribution in [3.8, 4) is 10.6 Å². The first-order valence-corrected chi connectivity index (χ1v) is 10.0. The van der Waals surface area contributed by atoms with Gasteiger partial charge in [-0.1, -0.05) is 29.8 Å². The Morgan fingerprint density at radius 3 is 2.54 bits per heavy atom. The molecule has 3 rings (SSSR count). The molecule has 2 N–H and O–H groups in total. The molecular formula is C20H23N3O4S. The van der Waals surface area contributed by atoms with Gasteiger partial charge in [0.2, 0.25) is 5.91 Å². The molecule has 0 bridgehead atoms. The van der Waals surface area contributed by atoms with Gasteiger partial charge in [0.05, 0.1) is 12.1 Å². The van der Waals surface area contributed by atoms with Crippen LogP contribution in [0.25, 0.3) is 10.6 Å². The number of aryl methyl sites for hydroxylation is 1. The number of carbonyl (C=O) groups is 3. The van der Waals surface area contributed by atoms with E-state index in [0.29, 0.717) is 31.6 Å². The standard InChI is InChI=1S/C20H23N3O4S/c1-13-2-4-15(5-3-13)20-22-16(12-28-20)10-18(25)27-11-17(24)23-8-6-14(7-9-23)19(21)26/h2-5,12,14H,6-11H2,1H3,(H2,21,26). The summed E-state index contributed by atoms with van der Waals surface area (Å²) in [6.45, 7) is 2.63. The van der Waals surface area contributed by atoms with E-state index in [1.165, 1.54) is 16.9 Å². The highest BCUT2D eigenvalue weighted by Gasteiger charge is 2.26. The number of primary amides is 1. The van der Waals surface area contributed by atoms with Crippen LogP contribution in [0.2, 0.25) is 0 Å². The van der Waals surface area contributed by atoms with E-state index >= 15 is 0 Å². The van der Waals surface area contributed by atoms with Gasteiger partial charge in [-0.15, -0.1) is 11.3 Å². The summed E-state index contributed by atoms with van der Waals surface area (Å²) in [5.74, 6) is -1.25. The van der Waals surface area contributed by atoms with E-state index in [1.807, 2.05) is 36.6 Å². The first-order chi connectivity index (χ1) is 13.4. The van der Waals surface area contributed by atoms with E-state index in [2.05, 4.69) is 4.98 Å². The number of carbonyl (C=O) groups excluding carboxylic acids is 3. The Hall–Kier alpha value is -2.74. The third kappa shape index (κ3) is 5.16. The van der Waals surface area contributed by atoms with Gasteiger partial charge in [0, 0.05) is 30.0 Å². The summed E-state index contributed by atoms with van der Waals surface area (Å²) in [7, 11) is 0. The number of rotatable bonds is 6. The molecule has 0 unspecified atom stereocenters. The summed E-state index contributed by atoms with van der Waals surface area (Å²) < 4.78 is 5.11. The van der Waals surface area contributed by atoms with Gasteiger partial charge in [0.15, 0.2) is 6.61 Å². The Morgan fingerprint density at radius 1 is 1.21 bits per heavy atom. The Bertz CT molecular complexity index is 855. The zero-order valence-corrected chi connectivity index (χ0v) is 16.5. The lowest BCUT2D eigenvalue weighted by Crippen LogP contribution is -2.43. The minimum atomic E-state index is -0.485. The SMILES string of the molecule is Cc1ccc(-c2nc(CC(=O)OCC(=O)N3CCC(C(N)=O)CC3)cs2)cc1. The molecule has 1 aliphatic rings. The minimum absolute atomic E-state index is 0.0272. The molecule has 2 aromatic rings. The summed E-state index contributed by atoms with van der Waals surface area (Å²) in [5, 5.41) is 2.67. The predicted octanol–water partition coefficient (Wildman–Crippen LogP) is 1.93. The number of hydrogen-bond acceptors (Lipinski definition) is 6. The van der Waals surface area contributed by atoms with E-state index in [-0.39, 0.29) is 30.8 Å². The summed E-state index contributed by atoms with van der Waals surface area (Å²) in [6, 6.07) is 8.03.